The molecule has 2 rings (SSSR count). The molecule has 0 bridgehead atoms. The second kappa shape index (κ2) is 22.0. The lowest BCUT2D eigenvalue weighted by Gasteiger charge is -2.34. The Hall–Kier alpha value is -4.32. The van der Waals surface area contributed by atoms with Crippen molar-refractivity contribution >= 4 is 58.7 Å². The molecule has 0 saturated carbocycles. The van der Waals surface area contributed by atoms with E-state index in [4.69, 9.17) is 24.1 Å². The van der Waals surface area contributed by atoms with Gasteiger partial charge in [-0.25, -0.2) is 29.1 Å². The predicted molar refractivity (Wildman–Crippen MR) is 215 cm³/mol. The van der Waals surface area contributed by atoms with Gasteiger partial charge in [0.2, 0.25) is 0 Å². The summed E-state index contributed by atoms with van der Waals surface area (Å²) in [7, 11) is 3.28. The van der Waals surface area contributed by atoms with E-state index in [1.54, 1.807) is 55.6 Å². The van der Waals surface area contributed by atoms with Crippen molar-refractivity contribution in [3.05, 3.63) is 32.2 Å². The Morgan fingerprint density at radius 3 is 1.28 bits per heavy atom. The number of carboxylic acids is 2. The molecule has 16 nitrogen and oxygen atoms in total. The number of carboxylic acid groups (broad SMARTS) is 2. The minimum absolute atomic E-state index is 0.0349. The highest BCUT2D eigenvalue weighted by atomic mass is 32.1. The van der Waals surface area contributed by atoms with Crippen LogP contribution < -0.4 is 0 Å². The maximum absolute atomic E-state index is 12.6. The minimum Gasteiger partial charge on any atom is -0.476 e. The Morgan fingerprint density at radius 1 is 0.667 bits per heavy atom. The molecule has 57 heavy (non-hydrogen) atoms. The number of carbonyl (C=O) groups excluding carboxylic acids is 4. The van der Waals surface area contributed by atoms with E-state index in [-0.39, 0.29) is 66.5 Å². The average molecular weight is 843 g/mol. The van der Waals surface area contributed by atoms with Crippen LogP contribution in [0.5, 0.6) is 0 Å². The first kappa shape index (κ1) is 50.7. The molecule has 0 aromatic carbocycles. The van der Waals surface area contributed by atoms with E-state index in [0.29, 0.717) is 10.0 Å². The van der Waals surface area contributed by atoms with E-state index in [1.807, 2.05) is 41.5 Å². The highest BCUT2D eigenvalue weighted by molar-refractivity contribution is 7.10. The fraction of sp³-hybridized carbons (Fsp3) is 0.692. The smallest absolute Gasteiger partial charge is 0.410 e. The zero-order valence-corrected chi connectivity index (χ0v) is 37.5. The molecular formula is C39H62N4O12S2. The van der Waals surface area contributed by atoms with E-state index < -0.39 is 53.5 Å². The number of thiazole rings is 2. The molecule has 4 atom stereocenters. The van der Waals surface area contributed by atoms with Crippen molar-refractivity contribution in [2.45, 2.75) is 145 Å². The van der Waals surface area contributed by atoms with Crippen LogP contribution >= 0.6 is 22.7 Å². The number of hydrogen-bond donors (Lipinski definition) is 2. The Labute approximate surface area is 344 Å². The third kappa shape index (κ3) is 18.2. The molecule has 0 spiro atoms. The highest BCUT2D eigenvalue weighted by Gasteiger charge is 2.34. The van der Waals surface area contributed by atoms with Gasteiger partial charge in [-0.15, -0.1) is 22.7 Å². The SMILES string of the molecule is CC(=O)O[C@@H](CC(C(C)C)N(C)C(=O)OC(C)(C)C)c1nc(C(=O)O)cs1.CC(C)CC(=O)O[C@@H](C[C@@H](C(C)C)N(C)C(=O)OC(C)(C)C)c1nc(C(=O)O)cs1. The van der Waals surface area contributed by atoms with Crippen molar-refractivity contribution in [2.75, 3.05) is 14.1 Å². The molecule has 0 aliphatic carbocycles. The van der Waals surface area contributed by atoms with Crippen molar-refractivity contribution < 1.29 is 57.9 Å². The van der Waals surface area contributed by atoms with E-state index >= 15 is 0 Å². The first-order valence-corrected chi connectivity index (χ1v) is 20.4. The summed E-state index contributed by atoms with van der Waals surface area (Å²) in [4.78, 5) is 82.4. The molecule has 2 amide bonds. The quantitative estimate of drug-likeness (QED) is 0.120. The van der Waals surface area contributed by atoms with Crippen LogP contribution in [0, 0.1) is 17.8 Å². The maximum atomic E-state index is 12.6. The van der Waals surface area contributed by atoms with Crippen molar-refractivity contribution in [1.29, 1.82) is 0 Å². The lowest BCUT2D eigenvalue weighted by molar-refractivity contribution is -0.151. The van der Waals surface area contributed by atoms with Gasteiger partial charge >= 0.3 is 36.1 Å². The summed E-state index contributed by atoms with van der Waals surface area (Å²) in [6.07, 6.45) is -1.66. The average Bonchev–Trinajstić information content (AvgIpc) is 3.73. The number of carbonyl (C=O) groups is 6. The predicted octanol–water partition coefficient (Wildman–Crippen LogP) is 8.48. The first-order valence-electron chi connectivity index (χ1n) is 18.7. The second-order valence-electron chi connectivity index (χ2n) is 16.7. The molecule has 0 fully saturated rings. The molecule has 0 aliphatic heterocycles. The molecule has 2 N–H and O–H groups in total. The summed E-state index contributed by atoms with van der Waals surface area (Å²) in [5.74, 6) is -2.98. The Balaban J connectivity index is 0.000000573. The van der Waals surface area contributed by atoms with E-state index in [9.17, 15) is 33.9 Å². The van der Waals surface area contributed by atoms with Crippen LogP contribution in [0.15, 0.2) is 10.8 Å². The van der Waals surface area contributed by atoms with Gasteiger partial charge in [0.15, 0.2) is 23.6 Å². The van der Waals surface area contributed by atoms with Crippen LogP contribution in [-0.2, 0) is 28.5 Å². The zero-order chi connectivity index (χ0) is 44.2. The van der Waals surface area contributed by atoms with Gasteiger partial charge in [-0.05, 0) is 59.3 Å². The third-order valence-corrected chi connectivity index (χ3v) is 9.87. The van der Waals surface area contributed by atoms with Crippen LogP contribution in [0.25, 0.3) is 0 Å². The maximum Gasteiger partial charge on any atom is 0.410 e. The number of aromatic nitrogens is 2. The molecular weight excluding hydrogens is 781 g/mol. The summed E-state index contributed by atoms with van der Waals surface area (Å²) in [6, 6.07) is -0.616. The molecule has 2 heterocycles. The summed E-state index contributed by atoms with van der Waals surface area (Å²) in [5.41, 5.74) is -1.47. The Morgan fingerprint density at radius 2 is 1.02 bits per heavy atom. The number of ether oxygens (including phenoxy) is 4. The molecule has 322 valence electrons. The zero-order valence-electron chi connectivity index (χ0n) is 35.9. The molecule has 2 aromatic rings. The van der Waals surface area contributed by atoms with Gasteiger partial charge in [-0.2, -0.15) is 0 Å². The fourth-order valence-corrected chi connectivity index (χ4v) is 7.01. The van der Waals surface area contributed by atoms with Gasteiger partial charge in [-0.3, -0.25) is 9.59 Å². The van der Waals surface area contributed by atoms with Gasteiger partial charge in [0.25, 0.3) is 0 Å². The number of rotatable bonds is 16. The van der Waals surface area contributed by atoms with E-state index in [0.717, 1.165) is 22.7 Å². The number of esters is 2. The molecule has 0 saturated heterocycles. The van der Waals surface area contributed by atoms with Gasteiger partial charge in [0.1, 0.15) is 21.2 Å². The summed E-state index contributed by atoms with van der Waals surface area (Å²) in [6.45, 7) is 23.7. The van der Waals surface area contributed by atoms with Gasteiger partial charge in [-0.1, -0.05) is 41.5 Å². The summed E-state index contributed by atoms with van der Waals surface area (Å²) >= 11 is 2.23. The van der Waals surface area contributed by atoms with Crippen molar-refractivity contribution in [2.24, 2.45) is 17.8 Å². The minimum atomic E-state index is -1.15. The Bertz CT molecular complexity index is 1660. The molecule has 0 radical (unpaired) electrons. The van der Waals surface area contributed by atoms with E-state index in [1.165, 1.54) is 27.5 Å². The normalized spacial score (nSPS) is 13.8. The standard InChI is InChI=1S/C21H34N2O6S.C18H28N2O6S/c1-12(2)9-17(24)28-16(18-22-14(11-30-18)19(25)26)10-15(13(3)4)23(8)20(27)29-21(5,6)7;1-10(2)13(20(7)17(24)26-18(4,5)6)8-14(25-11(3)21)15-19-12(9-27-15)16(22)23/h11-13,15-16H,9-10H2,1-8H3,(H,25,26);9-10,13-14H,8H2,1-7H3,(H,22,23)/t15-,16-;13?,14-/m00/s1. The monoisotopic (exact) mass is 842 g/mol. The van der Waals surface area contributed by atoms with Crippen molar-refractivity contribution in [3.63, 3.8) is 0 Å². The van der Waals surface area contributed by atoms with Gasteiger partial charge in [0, 0.05) is 63.1 Å². The topological polar surface area (TPSA) is 212 Å². The van der Waals surface area contributed by atoms with Crippen molar-refractivity contribution in [3.8, 4) is 0 Å². The number of hydrogen-bond acceptors (Lipinski definition) is 14. The lowest BCUT2D eigenvalue weighted by atomic mass is 9.96. The lowest BCUT2D eigenvalue weighted by Crippen LogP contribution is -2.44. The number of aromatic carboxylic acids is 2. The van der Waals surface area contributed by atoms with Crippen LogP contribution in [0.2, 0.25) is 0 Å². The fourth-order valence-electron chi connectivity index (χ4n) is 5.34. The van der Waals surface area contributed by atoms with Crippen LogP contribution in [0.3, 0.4) is 0 Å². The summed E-state index contributed by atoms with van der Waals surface area (Å²) < 4.78 is 22.0. The van der Waals surface area contributed by atoms with Crippen molar-refractivity contribution in [1.82, 2.24) is 19.8 Å². The van der Waals surface area contributed by atoms with Crippen LogP contribution in [0.4, 0.5) is 9.59 Å². The van der Waals surface area contributed by atoms with E-state index in [2.05, 4.69) is 9.97 Å². The highest BCUT2D eigenvalue weighted by Crippen LogP contribution is 2.33. The number of nitrogens with zero attached hydrogens (tertiary/aromatic N) is 4. The van der Waals surface area contributed by atoms with Gasteiger partial charge < -0.3 is 39.0 Å². The molecule has 2 aromatic heterocycles. The van der Waals surface area contributed by atoms with Gasteiger partial charge in [0.05, 0.1) is 0 Å². The Kier molecular flexibility index (Phi) is 19.6. The summed E-state index contributed by atoms with van der Waals surface area (Å²) in [5, 5.41) is 21.9. The number of amides is 2. The van der Waals surface area contributed by atoms with Crippen LogP contribution in [0.1, 0.15) is 152 Å². The molecule has 1 unspecified atom stereocenters. The first-order chi connectivity index (χ1) is 26.0. The third-order valence-electron chi connectivity index (χ3n) is 8.00. The largest absolute Gasteiger partial charge is 0.476 e. The molecule has 0 aliphatic rings. The second-order valence-corrected chi connectivity index (χ2v) is 18.5. The van der Waals surface area contributed by atoms with Crippen LogP contribution in [-0.4, -0.2) is 103 Å². The molecule has 18 heteroatoms.